The number of methoxy groups -OCH3 is 1. The summed E-state index contributed by atoms with van der Waals surface area (Å²) in [6.07, 6.45) is 0.382. The minimum Gasteiger partial charge on any atom is -0.497 e. The van der Waals surface area contributed by atoms with E-state index in [1.165, 1.54) is 5.69 Å². The smallest absolute Gasteiger partial charge is 0.222 e. The van der Waals surface area contributed by atoms with Gasteiger partial charge < -0.3 is 25.2 Å². The number of carbonyl (C=O) groups excluding carboxylic acids is 1. The first-order valence-corrected chi connectivity index (χ1v) is 10.9. The van der Waals surface area contributed by atoms with Crippen LogP contribution in [0.5, 0.6) is 5.75 Å². The van der Waals surface area contributed by atoms with Gasteiger partial charge in [0.15, 0.2) is 5.96 Å². The molecule has 7 heteroatoms. The molecule has 0 bridgehead atoms. The highest BCUT2D eigenvalue weighted by molar-refractivity contribution is 5.81. The fraction of sp³-hybridized carbons (Fsp3) is 0.417. The third kappa shape index (κ3) is 6.91. The van der Waals surface area contributed by atoms with Crippen molar-refractivity contribution in [1.29, 1.82) is 0 Å². The largest absolute Gasteiger partial charge is 0.497 e. The second-order valence-electron chi connectivity index (χ2n) is 7.42. The fourth-order valence-electron chi connectivity index (χ4n) is 3.54. The molecule has 1 amide bonds. The van der Waals surface area contributed by atoms with Crippen molar-refractivity contribution < 1.29 is 9.53 Å². The van der Waals surface area contributed by atoms with Crippen LogP contribution in [0.2, 0.25) is 0 Å². The van der Waals surface area contributed by atoms with E-state index < -0.39 is 0 Å². The van der Waals surface area contributed by atoms with Crippen molar-refractivity contribution in [2.75, 3.05) is 51.3 Å². The minimum absolute atomic E-state index is 0.0211. The molecule has 1 saturated heterocycles. The van der Waals surface area contributed by atoms with Crippen LogP contribution >= 0.6 is 0 Å². The molecule has 7 nitrogen and oxygen atoms in total. The maximum Gasteiger partial charge on any atom is 0.222 e. The normalized spacial score (nSPS) is 14.3. The average Bonchev–Trinajstić information content (AvgIpc) is 2.83. The molecule has 0 unspecified atom stereocenters. The lowest BCUT2D eigenvalue weighted by atomic mass is 10.2. The first-order valence-electron chi connectivity index (χ1n) is 10.9. The highest BCUT2D eigenvalue weighted by Gasteiger charge is 2.20. The average molecular weight is 424 g/mol. The van der Waals surface area contributed by atoms with Crippen molar-refractivity contribution in [3.8, 4) is 5.75 Å². The van der Waals surface area contributed by atoms with Crippen molar-refractivity contribution in [2.45, 2.75) is 19.9 Å². The number of piperazine rings is 1. The van der Waals surface area contributed by atoms with E-state index in [9.17, 15) is 4.79 Å². The molecule has 2 N–H and O–H groups in total. The molecule has 0 aliphatic carbocycles. The minimum atomic E-state index is 0.0211. The summed E-state index contributed by atoms with van der Waals surface area (Å²) in [5.41, 5.74) is 2.31. The van der Waals surface area contributed by atoms with Gasteiger partial charge in [0, 0.05) is 51.4 Å². The number of rotatable bonds is 8. The highest BCUT2D eigenvalue weighted by atomic mass is 16.5. The van der Waals surface area contributed by atoms with Gasteiger partial charge >= 0.3 is 0 Å². The zero-order valence-corrected chi connectivity index (χ0v) is 18.5. The Labute approximate surface area is 185 Å². The third-order valence-corrected chi connectivity index (χ3v) is 5.28. The van der Waals surface area contributed by atoms with E-state index in [-0.39, 0.29) is 5.91 Å². The molecule has 1 aliphatic rings. The zero-order chi connectivity index (χ0) is 21.9. The molecular weight excluding hydrogens is 390 g/mol. The zero-order valence-electron chi connectivity index (χ0n) is 18.5. The van der Waals surface area contributed by atoms with Gasteiger partial charge in [-0.05, 0) is 36.8 Å². The summed E-state index contributed by atoms with van der Waals surface area (Å²) in [6, 6.07) is 18.1. The summed E-state index contributed by atoms with van der Waals surface area (Å²) in [5, 5.41) is 6.32. The number of hydrogen-bond acceptors (Lipinski definition) is 4. The van der Waals surface area contributed by atoms with Gasteiger partial charge in [0.2, 0.25) is 5.91 Å². The molecule has 1 heterocycles. The van der Waals surface area contributed by atoms with E-state index in [4.69, 9.17) is 4.74 Å². The Balaban J connectivity index is 1.46. The quantitative estimate of drug-likeness (QED) is 0.504. The number of guanidine groups is 1. The number of anilines is 1. The number of benzene rings is 2. The van der Waals surface area contributed by atoms with E-state index in [1.54, 1.807) is 7.11 Å². The standard InChI is InChI=1S/C24H33N5O2/c1-3-25-24(26-14-13-23(30)27-19-20-7-5-4-6-8-20)29-17-15-28(16-18-29)21-9-11-22(31-2)12-10-21/h4-12H,3,13-19H2,1-2H3,(H,25,26)(H,27,30). The molecule has 2 aromatic carbocycles. The van der Waals surface area contributed by atoms with Crippen LogP contribution < -0.4 is 20.3 Å². The molecule has 0 spiro atoms. The lowest BCUT2D eigenvalue weighted by Crippen LogP contribution is -2.52. The van der Waals surface area contributed by atoms with Crippen molar-refractivity contribution in [3.05, 3.63) is 60.2 Å². The van der Waals surface area contributed by atoms with E-state index in [2.05, 4.69) is 44.5 Å². The van der Waals surface area contributed by atoms with Gasteiger partial charge in [-0.2, -0.15) is 0 Å². The van der Waals surface area contributed by atoms with Crippen LogP contribution in [0.1, 0.15) is 18.9 Å². The van der Waals surface area contributed by atoms with Crippen LogP contribution in [-0.4, -0.2) is 63.1 Å². The van der Waals surface area contributed by atoms with E-state index in [1.807, 2.05) is 42.5 Å². The molecule has 1 fully saturated rings. The van der Waals surface area contributed by atoms with E-state index in [0.717, 1.165) is 50.0 Å². The first kappa shape index (κ1) is 22.5. The molecule has 1 aliphatic heterocycles. The predicted octanol–water partition coefficient (Wildman–Crippen LogP) is 2.49. The Bertz CT molecular complexity index is 831. The lowest BCUT2D eigenvalue weighted by molar-refractivity contribution is -0.121. The van der Waals surface area contributed by atoms with Crippen LogP contribution in [-0.2, 0) is 11.3 Å². The Morgan fingerprint density at radius 3 is 2.35 bits per heavy atom. The summed E-state index contributed by atoms with van der Waals surface area (Å²) < 4.78 is 5.24. The van der Waals surface area contributed by atoms with Crippen molar-refractivity contribution in [3.63, 3.8) is 0 Å². The fourth-order valence-corrected chi connectivity index (χ4v) is 3.54. The van der Waals surface area contributed by atoms with Crippen LogP contribution in [0, 0.1) is 0 Å². The molecule has 0 atom stereocenters. The Kier molecular flexibility index (Phi) is 8.58. The Morgan fingerprint density at radius 1 is 1.00 bits per heavy atom. The molecule has 0 aromatic heterocycles. The molecule has 3 rings (SSSR count). The predicted molar refractivity (Wildman–Crippen MR) is 126 cm³/mol. The van der Waals surface area contributed by atoms with Gasteiger partial charge in [-0.15, -0.1) is 0 Å². The van der Waals surface area contributed by atoms with Gasteiger partial charge in [0.05, 0.1) is 13.7 Å². The van der Waals surface area contributed by atoms with Gasteiger partial charge in [-0.25, -0.2) is 0 Å². The molecule has 31 heavy (non-hydrogen) atoms. The molecule has 166 valence electrons. The number of hydrogen-bond donors (Lipinski definition) is 2. The van der Waals surface area contributed by atoms with E-state index in [0.29, 0.717) is 19.5 Å². The number of amides is 1. The summed E-state index contributed by atoms with van der Waals surface area (Å²) in [5.74, 6) is 1.78. The third-order valence-electron chi connectivity index (χ3n) is 5.28. The monoisotopic (exact) mass is 423 g/mol. The second kappa shape index (κ2) is 11.8. The van der Waals surface area contributed by atoms with Crippen molar-refractivity contribution in [2.24, 2.45) is 4.99 Å². The van der Waals surface area contributed by atoms with Crippen molar-refractivity contribution in [1.82, 2.24) is 15.5 Å². The molecule has 0 saturated carbocycles. The van der Waals surface area contributed by atoms with Gasteiger partial charge in [0.1, 0.15) is 5.75 Å². The maximum absolute atomic E-state index is 12.1. The van der Waals surface area contributed by atoms with Gasteiger partial charge in [0.25, 0.3) is 0 Å². The summed E-state index contributed by atoms with van der Waals surface area (Å²) in [6.45, 7) is 7.52. The molecule has 0 radical (unpaired) electrons. The summed E-state index contributed by atoms with van der Waals surface area (Å²) in [7, 11) is 1.68. The van der Waals surface area contributed by atoms with Crippen molar-refractivity contribution >= 4 is 17.6 Å². The lowest BCUT2D eigenvalue weighted by Gasteiger charge is -2.37. The Hall–Kier alpha value is -3.22. The molecular formula is C24H33N5O2. The Morgan fingerprint density at radius 2 is 1.71 bits per heavy atom. The van der Waals surface area contributed by atoms with E-state index >= 15 is 0 Å². The van der Waals surface area contributed by atoms with Crippen LogP contribution in [0.15, 0.2) is 59.6 Å². The summed E-state index contributed by atoms with van der Waals surface area (Å²) in [4.78, 5) is 21.5. The number of ether oxygens (including phenoxy) is 1. The van der Waals surface area contributed by atoms with Gasteiger partial charge in [-0.3, -0.25) is 9.79 Å². The topological polar surface area (TPSA) is 69.2 Å². The summed E-state index contributed by atoms with van der Waals surface area (Å²) >= 11 is 0. The molecule has 2 aromatic rings. The van der Waals surface area contributed by atoms with Gasteiger partial charge in [-0.1, -0.05) is 30.3 Å². The highest BCUT2D eigenvalue weighted by Crippen LogP contribution is 2.20. The SMILES string of the molecule is CCNC(=NCCC(=O)NCc1ccccc1)N1CCN(c2ccc(OC)cc2)CC1. The van der Waals surface area contributed by atoms with Crippen LogP contribution in [0.4, 0.5) is 5.69 Å². The number of carbonyl (C=O) groups is 1. The van der Waals surface area contributed by atoms with Crippen LogP contribution in [0.25, 0.3) is 0 Å². The number of aliphatic imine (C=N–C) groups is 1. The second-order valence-corrected chi connectivity index (χ2v) is 7.42. The van der Waals surface area contributed by atoms with Crippen LogP contribution in [0.3, 0.4) is 0 Å². The number of nitrogens with zero attached hydrogens (tertiary/aromatic N) is 3. The first-order chi connectivity index (χ1) is 15.2. The number of nitrogens with one attached hydrogen (secondary N) is 2. The maximum atomic E-state index is 12.1.